The maximum Gasteiger partial charge on any atom is 0.0461 e. The van der Waals surface area contributed by atoms with Crippen LogP contribution in [0.4, 0.5) is 22.7 Å². The summed E-state index contributed by atoms with van der Waals surface area (Å²) in [6.07, 6.45) is 8.38. The van der Waals surface area contributed by atoms with E-state index in [9.17, 15) is 0 Å². The molecule has 1 N–H and O–H groups in total. The van der Waals surface area contributed by atoms with Crippen LogP contribution < -0.4 is 10.2 Å². The number of hydrogen-bond donors (Lipinski definition) is 1. The molecule has 0 spiro atoms. The SMILES string of the molecule is C1=CC2CC2C=C1N(c1ccccc1)c1ccc(-c2ccc(Nc3ccccc3)cc2)cc1. The minimum Gasteiger partial charge on any atom is -0.356 e. The molecular weight excluding hydrogens is 400 g/mol. The van der Waals surface area contributed by atoms with Crippen molar-refractivity contribution >= 4 is 22.7 Å². The monoisotopic (exact) mass is 426 g/mol. The van der Waals surface area contributed by atoms with Crippen LogP contribution in [-0.4, -0.2) is 0 Å². The van der Waals surface area contributed by atoms with Gasteiger partial charge in [0.25, 0.3) is 0 Å². The maximum absolute atomic E-state index is 3.45. The van der Waals surface area contributed by atoms with Crippen LogP contribution in [-0.2, 0) is 0 Å². The summed E-state index contributed by atoms with van der Waals surface area (Å²) in [4.78, 5) is 2.36. The molecule has 6 rings (SSSR count). The zero-order chi connectivity index (χ0) is 22.0. The summed E-state index contributed by atoms with van der Waals surface area (Å²) >= 11 is 0. The minimum absolute atomic E-state index is 0.707. The van der Waals surface area contributed by atoms with E-state index in [1.165, 1.54) is 34.6 Å². The van der Waals surface area contributed by atoms with Crippen molar-refractivity contribution in [1.29, 1.82) is 0 Å². The van der Waals surface area contributed by atoms with Crippen molar-refractivity contribution in [3.8, 4) is 11.1 Å². The molecule has 0 aliphatic heterocycles. The third-order valence-electron chi connectivity index (χ3n) is 6.47. The van der Waals surface area contributed by atoms with Gasteiger partial charge in [0.05, 0.1) is 0 Å². The van der Waals surface area contributed by atoms with Gasteiger partial charge < -0.3 is 10.2 Å². The van der Waals surface area contributed by atoms with Gasteiger partial charge in [-0.1, -0.05) is 72.8 Å². The lowest BCUT2D eigenvalue weighted by molar-refractivity contribution is 0.950. The molecule has 160 valence electrons. The minimum atomic E-state index is 0.707. The molecule has 2 nitrogen and oxygen atoms in total. The van der Waals surface area contributed by atoms with Crippen molar-refractivity contribution in [2.24, 2.45) is 11.8 Å². The topological polar surface area (TPSA) is 15.3 Å². The van der Waals surface area contributed by atoms with E-state index in [-0.39, 0.29) is 0 Å². The van der Waals surface area contributed by atoms with Crippen molar-refractivity contribution in [1.82, 2.24) is 0 Å². The predicted octanol–water partition coefficient (Wildman–Crippen LogP) is 8.33. The Morgan fingerprint density at radius 1 is 0.576 bits per heavy atom. The second-order valence-corrected chi connectivity index (χ2v) is 8.80. The van der Waals surface area contributed by atoms with Crippen molar-refractivity contribution in [3.63, 3.8) is 0 Å². The largest absolute Gasteiger partial charge is 0.356 e. The van der Waals surface area contributed by atoms with E-state index in [0.29, 0.717) is 5.92 Å². The van der Waals surface area contributed by atoms with Crippen molar-refractivity contribution in [3.05, 3.63) is 133 Å². The van der Waals surface area contributed by atoms with Crippen LogP contribution in [0.5, 0.6) is 0 Å². The van der Waals surface area contributed by atoms with Crippen LogP contribution >= 0.6 is 0 Å². The van der Waals surface area contributed by atoms with E-state index in [1.807, 2.05) is 18.2 Å². The van der Waals surface area contributed by atoms with Gasteiger partial charge in [0, 0.05) is 28.4 Å². The van der Waals surface area contributed by atoms with Gasteiger partial charge in [-0.25, -0.2) is 0 Å². The van der Waals surface area contributed by atoms with E-state index in [1.54, 1.807) is 0 Å². The first kappa shape index (κ1) is 19.6. The van der Waals surface area contributed by atoms with E-state index in [4.69, 9.17) is 0 Å². The van der Waals surface area contributed by atoms with Crippen molar-refractivity contribution in [2.45, 2.75) is 6.42 Å². The quantitative estimate of drug-likeness (QED) is 0.333. The Labute approximate surface area is 195 Å². The lowest BCUT2D eigenvalue weighted by atomic mass is 10.0. The zero-order valence-corrected chi connectivity index (χ0v) is 18.4. The number of benzene rings is 4. The van der Waals surface area contributed by atoms with Crippen LogP contribution in [0.25, 0.3) is 11.1 Å². The van der Waals surface area contributed by atoms with E-state index in [0.717, 1.165) is 17.3 Å². The highest BCUT2D eigenvalue weighted by Gasteiger charge is 2.36. The number of anilines is 4. The fraction of sp³-hybridized carbons (Fsp3) is 0.0968. The summed E-state index contributed by atoms with van der Waals surface area (Å²) in [6, 6.07) is 38.4. The Kier molecular flexibility index (Phi) is 5.04. The van der Waals surface area contributed by atoms with Crippen LogP contribution in [0.15, 0.2) is 133 Å². The lowest BCUT2D eigenvalue weighted by Gasteiger charge is -2.27. The molecule has 0 radical (unpaired) electrons. The molecule has 2 unspecified atom stereocenters. The number of fused-ring (bicyclic) bond motifs is 1. The highest BCUT2D eigenvalue weighted by molar-refractivity contribution is 5.75. The molecule has 1 saturated carbocycles. The smallest absolute Gasteiger partial charge is 0.0461 e. The van der Waals surface area contributed by atoms with Gasteiger partial charge in [0.2, 0.25) is 0 Å². The molecular formula is C31H26N2. The molecule has 0 aromatic heterocycles. The summed E-state index contributed by atoms with van der Waals surface area (Å²) < 4.78 is 0. The average Bonchev–Trinajstić information content (AvgIpc) is 3.66. The Bertz CT molecular complexity index is 1290. The maximum atomic E-state index is 3.45. The summed E-state index contributed by atoms with van der Waals surface area (Å²) in [6.45, 7) is 0. The van der Waals surface area contributed by atoms with Gasteiger partial charge in [-0.05, 0) is 84.0 Å². The molecule has 0 saturated heterocycles. The molecule has 4 aromatic rings. The lowest BCUT2D eigenvalue weighted by Crippen LogP contribution is -2.16. The first-order valence-electron chi connectivity index (χ1n) is 11.6. The molecule has 2 atom stereocenters. The van der Waals surface area contributed by atoms with Crippen molar-refractivity contribution in [2.75, 3.05) is 10.2 Å². The normalized spacial score (nSPS) is 18.2. The van der Waals surface area contributed by atoms with Gasteiger partial charge in [-0.15, -0.1) is 0 Å². The second kappa shape index (κ2) is 8.48. The molecule has 0 heterocycles. The predicted molar refractivity (Wildman–Crippen MR) is 139 cm³/mol. The fourth-order valence-corrected chi connectivity index (χ4v) is 4.56. The van der Waals surface area contributed by atoms with Gasteiger partial charge in [0.1, 0.15) is 0 Å². The number of nitrogens with zero attached hydrogens (tertiary/aromatic N) is 1. The molecule has 1 fully saturated rings. The first-order chi connectivity index (χ1) is 16.3. The van der Waals surface area contributed by atoms with Crippen LogP contribution in [0, 0.1) is 11.8 Å². The Balaban J connectivity index is 1.26. The van der Waals surface area contributed by atoms with Crippen LogP contribution in [0.2, 0.25) is 0 Å². The van der Waals surface area contributed by atoms with Gasteiger partial charge >= 0.3 is 0 Å². The zero-order valence-electron chi connectivity index (χ0n) is 18.4. The average molecular weight is 427 g/mol. The Hall–Kier alpha value is -4.04. The molecule has 4 aromatic carbocycles. The number of rotatable bonds is 6. The Morgan fingerprint density at radius 3 is 1.82 bits per heavy atom. The van der Waals surface area contributed by atoms with Crippen molar-refractivity contribution < 1.29 is 0 Å². The highest BCUT2D eigenvalue weighted by Crippen LogP contribution is 2.46. The highest BCUT2D eigenvalue weighted by atomic mass is 15.1. The summed E-state index contributed by atoms with van der Waals surface area (Å²) in [7, 11) is 0. The van der Waals surface area contributed by atoms with Crippen LogP contribution in [0.1, 0.15) is 6.42 Å². The molecule has 33 heavy (non-hydrogen) atoms. The number of para-hydroxylation sites is 2. The molecule has 2 aliphatic carbocycles. The van der Waals surface area contributed by atoms with E-state index < -0.39 is 0 Å². The summed E-state index contributed by atoms with van der Waals surface area (Å²) in [5, 5.41) is 3.45. The first-order valence-corrected chi connectivity index (χ1v) is 11.6. The third kappa shape index (κ3) is 4.20. The van der Waals surface area contributed by atoms with Gasteiger partial charge in [-0.3, -0.25) is 0 Å². The van der Waals surface area contributed by atoms with Gasteiger partial charge in [0.15, 0.2) is 0 Å². The molecule has 0 bridgehead atoms. The summed E-state index contributed by atoms with van der Waals surface area (Å²) in [5.74, 6) is 1.46. The Morgan fingerprint density at radius 2 is 1.15 bits per heavy atom. The fourth-order valence-electron chi connectivity index (χ4n) is 4.56. The van der Waals surface area contributed by atoms with Crippen LogP contribution in [0.3, 0.4) is 0 Å². The standard InChI is InChI=1S/C31H26N2/c1-3-7-27(8-4-1)32-28-16-11-23(12-17-28)24-13-18-30(19-14-24)33(29-9-5-2-6-10-29)31-20-15-25-21-26(25)22-31/h1-20,22,25-26,32H,21H2. The molecule has 2 aliphatic rings. The van der Waals surface area contributed by atoms with E-state index in [2.05, 4.69) is 119 Å². The van der Waals surface area contributed by atoms with Gasteiger partial charge in [-0.2, -0.15) is 0 Å². The third-order valence-corrected chi connectivity index (χ3v) is 6.47. The summed E-state index contributed by atoms with van der Waals surface area (Å²) in [5.41, 5.74) is 8.26. The molecule has 0 amide bonds. The second-order valence-electron chi connectivity index (χ2n) is 8.80. The number of hydrogen-bond acceptors (Lipinski definition) is 2. The number of allylic oxidation sites excluding steroid dienone is 3. The number of nitrogens with one attached hydrogen (secondary N) is 1. The van der Waals surface area contributed by atoms with E-state index >= 15 is 0 Å². The molecule has 2 heteroatoms.